The van der Waals surface area contributed by atoms with Gasteiger partial charge in [0, 0.05) is 12.5 Å². The second-order valence-corrected chi connectivity index (χ2v) is 6.15. The van der Waals surface area contributed by atoms with E-state index < -0.39 is 0 Å². The lowest BCUT2D eigenvalue weighted by molar-refractivity contribution is 0.0975. The molecule has 0 radical (unpaired) electrons. The van der Waals surface area contributed by atoms with E-state index in [1.54, 1.807) is 13.2 Å². The van der Waals surface area contributed by atoms with Crippen molar-refractivity contribution in [1.29, 1.82) is 0 Å². The fourth-order valence-electron chi connectivity index (χ4n) is 3.18. The molecular formula is C22H28O6. The van der Waals surface area contributed by atoms with Crippen LogP contribution in [-0.2, 0) is 12.8 Å². The van der Waals surface area contributed by atoms with Crippen molar-refractivity contribution in [3.05, 3.63) is 41.0 Å². The van der Waals surface area contributed by atoms with E-state index in [0.717, 1.165) is 17.7 Å². The number of carbonyl (C=O) groups excluding carboxylic acids is 1. The summed E-state index contributed by atoms with van der Waals surface area (Å²) in [5.74, 6) is 2.13. The number of hydrogen-bond acceptors (Lipinski definition) is 6. The van der Waals surface area contributed by atoms with E-state index >= 15 is 0 Å². The molecule has 0 heterocycles. The zero-order valence-corrected chi connectivity index (χ0v) is 17.4. The average Bonchev–Trinajstić information content (AvgIpc) is 2.75. The van der Waals surface area contributed by atoms with Crippen LogP contribution in [0.5, 0.6) is 28.7 Å². The van der Waals surface area contributed by atoms with Crippen LogP contribution in [0.25, 0.3) is 0 Å². The van der Waals surface area contributed by atoms with Crippen LogP contribution in [0.4, 0.5) is 0 Å². The minimum absolute atomic E-state index is 0.130. The number of ether oxygens (including phenoxy) is 5. The third-order valence-electron chi connectivity index (χ3n) is 4.67. The molecule has 0 aliphatic rings. The van der Waals surface area contributed by atoms with Gasteiger partial charge in [0.2, 0.25) is 0 Å². The number of methoxy groups -OCH3 is 5. The van der Waals surface area contributed by atoms with Gasteiger partial charge >= 0.3 is 0 Å². The molecule has 6 nitrogen and oxygen atoms in total. The third kappa shape index (κ3) is 4.32. The molecule has 0 fully saturated rings. The lowest BCUT2D eigenvalue weighted by Gasteiger charge is -2.18. The summed E-state index contributed by atoms with van der Waals surface area (Å²) in [4.78, 5) is 13.2. The van der Waals surface area contributed by atoms with Gasteiger partial charge in [0.15, 0.2) is 28.8 Å². The van der Waals surface area contributed by atoms with Gasteiger partial charge in [0.25, 0.3) is 0 Å². The highest BCUT2D eigenvalue weighted by Crippen LogP contribution is 2.45. The topological polar surface area (TPSA) is 63.2 Å². The van der Waals surface area contributed by atoms with Crippen molar-refractivity contribution in [2.24, 2.45) is 0 Å². The molecule has 0 unspecified atom stereocenters. The van der Waals surface area contributed by atoms with Gasteiger partial charge in [0.1, 0.15) is 11.3 Å². The summed E-state index contributed by atoms with van der Waals surface area (Å²) in [5, 5.41) is 0. The summed E-state index contributed by atoms with van der Waals surface area (Å²) in [6.45, 7) is 2.09. The number of rotatable bonds is 10. The van der Waals surface area contributed by atoms with Crippen LogP contribution in [-0.4, -0.2) is 41.3 Å². The maximum atomic E-state index is 13.2. The lowest BCUT2D eigenvalue weighted by atomic mass is 9.98. The summed E-state index contributed by atoms with van der Waals surface area (Å²) in [6.07, 6.45) is 1.70. The van der Waals surface area contributed by atoms with Crippen molar-refractivity contribution in [1.82, 2.24) is 0 Å². The molecule has 0 aliphatic heterocycles. The Morgan fingerprint density at radius 3 is 1.82 bits per heavy atom. The molecule has 0 atom stereocenters. The Morgan fingerprint density at radius 2 is 1.36 bits per heavy atom. The summed E-state index contributed by atoms with van der Waals surface area (Å²) >= 11 is 0. The first-order valence-electron chi connectivity index (χ1n) is 9.10. The average molecular weight is 388 g/mol. The predicted octanol–water partition coefficient (Wildman–Crippen LogP) is 4.11. The van der Waals surface area contributed by atoms with Crippen LogP contribution in [0.15, 0.2) is 24.3 Å². The van der Waals surface area contributed by atoms with E-state index in [4.69, 9.17) is 23.7 Å². The SMILES string of the molecule is CCc1ccc(OC)c(CCC(=O)c2c(OC)c(OC)cc(OC)c2OC)c1. The molecule has 0 amide bonds. The Morgan fingerprint density at radius 1 is 0.786 bits per heavy atom. The van der Waals surface area contributed by atoms with Gasteiger partial charge in [-0.05, 0) is 30.0 Å². The van der Waals surface area contributed by atoms with Crippen molar-refractivity contribution in [2.45, 2.75) is 26.2 Å². The Hall–Kier alpha value is -2.89. The van der Waals surface area contributed by atoms with E-state index in [0.29, 0.717) is 35.0 Å². The molecule has 0 aliphatic carbocycles. The van der Waals surface area contributed by atoms with Crippen LogP contribution < -0.4 is 23.7 Å². The minimum atomic E-state index is -0.130. The van der Waals surface area contributed by atoms with Crippen molar-refractivity contribution in [2.75, 3.05) is 35.5 Å². The molecule has 2 aromatic carbocycles. The zero-order valence-electron chi connectivity index (χ0n) is 17.4. The van der Waals surface area contributed by atoms with E-state index in [-0.39, 0.29) is 12.2 Å². The van der Waals surface area contributed by atoms with Crippen LogP contribution in [0.1, 0.15) is 34.8 Å². The zero-order chi connectivity index (χ0) is 20.7. The molecule has 0 spiro atoms. The second kappa shape index (κ2) is 9.88. The fourth-order valence-corrected chi connectivity index (χ4v) is 3.18. The first-order chi connectivity index (χ1) is 13.5. The number of benzene rings is 2. The minimum Gasteiger partial charge on any atom is -0.496 e. The second-order valence-electron chi connectivity index (χ2n) is 6.15. The molecule has 0 saturated carbocycles. The summed E-state index contributed by atoms with van der Waals surface area (Å²) in [7, 11) is 7.64. The monoisotopic (exact) mass is 388 g/mol. The third-order valence-corrected chi connectivity index (χ3v) is 4.67. The Bertz CT molecular complexity index is 798. The predicted molar refractivity (Wildman–Crippen MR) is 108 cm³/mol. The molecule has 2 aromatic rings. The maximum Gasteiger partial charge on any atom is 0.175 e. The van der Waals surface area contributed by atoms with E-state index in [1.807, 2.05) is 12.1 Å². The highest BCUT2D eigenvalue weighted by Gasteiger charge is 2.26. The molecular weight excluding hydrogens is 360 g/mol. The van der Waals surface area contributed by atoms with Gasteiger partial charge in [-0.2, -0.15) is 0 Å². The number of Topliss-reactive ketones (excluding diaryl/α,β-unsaturated/α-hetero) is 1. The summed E-state index contributed by atoms with van der Waals surface area (Å²) < 4.78 is 27.1. The van der Waals surface area contributed by atoms with Gasteiger partial charge < -0.3 is 23.7 Å². The maximum absolute atomic E-state index is 13.2. The smallest absolute Gasteiger partial charge is 0.175 e. The number of ketones is 1. The van der Waals surface area contributed by atoms with Gasteiger partial charge in [-0.3, -0.25) is 4.79 Å². The molecule has 2 rings (SSSR count). The van der Waals surface area contributed by atoms with E-state index in [2.05, 4.69) is 13.0 Å². The molecule has 0 bridgehead atoms. The molecule has 28 heavy (non-hydrogen) atoms. The van der Waals surface area contributed by atoms with E-state index in [1.165, 1.54) is 34.0 Å². The number of carbonyl (C=O) groups is 1. The van der Waals surface area contributed by atoms with Crippen molar-refractivity contribution >= 4 is 5.78 Å². The first kappa shape index (κ1) is 21.4. The Labute approximate surface area is 166 Å². The van der Waals surface area contributed by atoms with Gasteiger partial charge in [-0.1, -0.05) is 19.1 Å². The quantitative estimate of drug-likeness (QED) is 0.571. The highest BCUT2D eigenvalue weighted by atomic mass is 16.5. The first-order valence-corrected chi connectivity index (χ1v) is 9.10. The highest BCUT2D eigenvalue weighted by molar-refractivity contribution is 6.03. The van der Waals surface area contributed by atoms with Gasteiger partial charge in [-0.15, -0.1) is 0 Å². The normalized spacial score (nSPS) is 10.4. The van der Waals surface area contributed by atoms with Gasteiger partial charge in [-0.25, -0.2) is 0 Å². The van der Waals surface area contributed by atoms with Crippen molar-refractivity contribution in [3.8, 4) is 28.7 Å². The van der Waals surface area contributed by atoms with E-state index in [9.17, 15) is 4.79 Å². The van der Waals surface area contributed by atoms with Crippen LogP contribution in [0.3, 0.4) is 0 Å². The number of aryl methyl sites for hydroxylation is 2. The summed E-state index contributed by atoms with van der Waals surface area (Å²) in [5.41, 5.74) is 2.50. The van der Waals surface area contributed by atoms with Crippen LogP contribution >= 0.6 is 0 Å². The molecule has 0 aromatic heterocycles. The van der Waals surface area contributed by atoms with Gasteiger partial charge in [0.05, 0.1) is 35.5 Å². The number of hydrogen-bond donors (Lipinski definition) is 0. The molecule has 0 N–H and O–H groups in total. The van der Waals surface area contributed by atoms with Crippen molar-refractivity contribution < 1.29 is 28.5 Å². The Balaban J connectivity index is 2.41. The summed E-state index contributed by atoms with van der Waals surface area (Å²) in [6, 6.07) is 7.69. The molecule has 6 heteroatoms. The Kier molecular flexibility index (Phi) is 7.55. The lowest BCUT2D eigenvalue weighted by Crippen LogP contribution is -2.09. The standard InChI is InChI=1S/C22H28O6/c1-7-14-8-11-17(24-2)15(12-14)9-10-16(23)20-21(27-5)18(25-3)13-19(26-4)22(20)28-6/h8,11-13H,7,9-10H2,1-6H3. The largest absolute Gasteiger partial charge is 0.496 e. The van der Waals surface area contributed by atoms with Crippen LogP contribution in [0, 0.1) is 0 Å². The molecule has 152 valence electrons. The fraction of sp³-hybridized carbons (Fsp3) is 0.409. The molecule has 0 saturated heterocycles. The van der Waals surface area contributed by atoms with Crippen LogP contribution in [0.2, 0.25) is 0 Å². The van der Waals surface area contributed by atoms with Crippen molar-refractivity contribution in [3.63, 3.8) is 0 Å².